The smallest absolute Gasteiger partial charge is 0.386 e. The zero-order chi connectivity index (χ0) is 22.6. The number of hydrogen-bond acceptors (Lipinski definition) is 4. The number of phosphoric ester groups is 1. The van der Waals surface area contributed by atoms with Crippen LogP contribution < -0.4 is 13.6 Å². The maximum atomic E-state index is 14.0. The van der Waals surface area contributed by atoms with Gasteiger partial charge in [0.2, 0.25) is 0 Å². The molecule has 5 aromatic carbocycles. The molecule has 0 spiro atoms. The highest BCUT2D eigenvalue weighted by Crippen LogP contribution is 2.59. The van der Waals surface area contributed by atoms with E-state index in [0.29, 0.717) is 17.2 Å². The zero-order valence-electron chi connectivity index (χ0n) is 18.2. The van der Waals surface area contributed by atoms with Crippen LogP contribution in [0.15, 0.2) is 91.0 Å². The fourth-order valence-electron chi connectivity index (χ4n) is 4.39. The minimum absolute atomic E-state index is 0.470. The van der Waals surface area contributed by atoms with Crippen LogP contribution in [0.1, 0.15) is 11.1 Å². The van der Waals surface area contributed by atoms with E-state index in [-0.39, 0.29) is 0 Å². The molecule has 0 atom stereocenters. The molecule has 0 bridgehead atoms. The Labute approximate surface area is 192 Å². The average Bonchev–Trinajstić information content (AvgIpc) is 2.95. The van der Waals surface area contributed by atoms with Gasteiger partial charge in [-0.15, -0.1) is 0 Å². The number of hydrogen-bond donors (Lipinski definition) is 0. The van der Waals surface area contributed by atoms with Crippen LogP contribution in [-0.4, -0.2) is 0 Å². The molecule has 1 heterocycles. The van der Waals surface area contributed by atoms with E-state index in [1.54, 1.807) is 0 Å². The average molecular weight is 452 g/mol. The molecule has 162 valence electrons. The standard InChI is InChI=1S/C28H21O4P/c1-18-11-12-19(2)26(17-18)32-33(29)30-24-15-13-20-7-3-5-9-22(20)27(24)28-23-10-6-4-8-21(23)14-16-25(28)31-33/h3-17H,1-2H3. The Balaban J connectivity index is 1.64. The van der Waals surface area contributed by atoms with Gasteiger partial charge >= 0.3 is 7.82 Å². The van der Waals surface area contributed by atoms with E-state index in [1.807, 2.05) is 92.7 Å². The minimum Gasteiger partial charge on any atom is -0.386 e. The normalized spacial score (nSPS) is 14.0. The van der Waals surface area contributed by atoms with Gasteiger partial charge in [-0.1, -0.05) is 72.8 Å². The number of phosphoric acid groups is 1. The van der Waals surface area contributed by atoms with E-state index in [1.165, 1.54) is 0 Å². The lowest BCUT2D eigenvalue weighted by Crippen LogP contribution is -2.07. The fraction of sp³-hybridized carbons (Fsp3) is 0.0714. The summed E-state index contributed by atoms with van der Waals surface area (Å²) in [6.45, 7) is 3.86. The van der Waals surface area contributed by atoms with Gasteiger partial charge in [-0.3, -0.25) is 0 Å². The second-order valence-electron chi connectivity index (χ2n) is 8.31. The summed E-state index contributed by atoms with van der Waals surface area (Å²) in [6.07, 6.45) is 0. The lowest BCUT2D eigenvalue weighted by Gasteiger charge is -2.19. The van der Waals surface area contributed by atoms with Gasteiger partial charge < -0.3 is 13.6 Å². The molecule has 4 nitrogen and oxygen atoms in total. The summed E-state index contributed by atoms with van der Waals surface area (Å²) in [6, 6.07) is 29.6. The van der Waals surface area contributed by atoms with Gasteiger partial charge in [0, 0.05) is 11.1 Å². The lowest BCUT2D eigenvalue weighted by atomic mass is 9.92. The number of rotatable bonds is 2. The van der Waals surface area contributed by atoms with Crippen molar-refractivity contribution in [2.24, 2.45) is 0 Å². The van der Waals surface area contributed by atoms with E-state index in [9.17, 15) is 4.57 Å². The maximum Gasteiger partial charge on any atom is 0.647 e. The van der Waals surface area contributed by atoms with Gasteiger partial charge in [-0.05, 0) is 64.7 Å². The van der Waals surface area contributed by atoms with Crippen LogP contribution in [0.5, 0.6) is 17.2 Å². The molecule has 1 aliphatic heterocycles. The summed E-state index contributed by atoms with van der Waals surface area (Å²) >= 11 is 0. The SMILES string of the molecule is Cc1ccc(C)c(OP2(=O)Oc3ccc4ccccc4c3-c3c(ccc4ccccc34)O2)c1. The Morgan fingerprint density at radius 3 is 1.79 bits per heavy atom. The molecule has 0 N–H and O–H groups in total. The zero-order valence-corrected chi connectivity index (χ0v) is 19.1. The van der Waals surface area contributed by atoms with E-state index < -0.39 is 7.82 Å². The maximum absolute atomic E-state index is 14.0. The van der Waals surface area contributed by atoms with Crippen LogP contribution in [0.3, 0.4) is 0 Å². The van der Waals surface area contributed by atoms with Gasteiger partial charge in [0.1, 0.15) is 17.2 Å². The fourth-order valence-corrected chi connectivity index (χ4v) is 5.73. The van der Waals surface area contributed by atoms with Crippen molar-refractivity contribution in [3.05, 3.63) is 102 Å². The summed E-state index contributed by atoms with van der Waals surface area (Å²) in [5, 5.41) is 4.12. The summed E-state index contributed by atoms with van der Waals surface area (Å²) < 4.78 is 32.2. The van der Waals surface area contributed by atoms with Crippen LogP contribution in [0.25, 0.3) is 32.7 Å². The van der Waals surface area contributed by atoms with Gasteiger partial charge in [0.25, 0.3) is 0 Å². The first-order valence-corrected chi connectivity index (χ1v) is 12.3. The van der Waals surface area contributed by atoms with Crippen molar-refractivity contribution in [1.29, 1.82) is 0 Å². The Hall–Kier alpha value is -3.75. The van der Waals surface area contributed by atoms with E-state index >= 15 is 0 Å². The highest BCUT2D eigenvalue weighted by atomic mass is 31.2. The number of aryl methyl sites for hydroxylation is 2. The largest absolute Gasteiger partial charge is 0.647 e. The van der Waals surface area contributed by atoms with E-state index in [2.05, 4.69) is 12.1 Å². The van der Waals surface area contributed by atoms with Gasteiger partial charge in [0.15, 0.2) is 0 Å². The molecule has 5 heteroatoms. The van der Waals surface area contributed by atoms with Crippen LogP contribution in [0.2, 0.25) is 0 Å². The molecule has 0 fully saturated rings. The van der Waals surface area contributed by atoms with Crippen molar-refractivity contribution in [2.45, 2.75) is 13.8 Å². The van der Waals surface area contributed by atoms with Gasteiger partial charge in [0.05, 0.1) is 0 Å². The summed E-state index contributed by atoms with van der Waals surface area (Å²) in [5.41, 5.74) is 3.55. The monoisotopic (exact) mass is 452 g/mol. The lowest BCUT2D eigenvalue weighted by molar-refractivity contribution is 0.301. The predicted octanol–water partition coefficient (Wildman–Crippen LogP) is 8.24. The highest BCUT2D eigenvalue weighted by molar-refractivity contribution is 7.49. The minimum atomic E-state index is -4.05. The van der Waals surface area contributed by atoms with Crippen LogP contribution in [-0.2, 0) is 4.57 Å². The molecule has 0 radical (unpaired) electrons. The molecule has 6 rings (SSSR count). The topological polar surface area (TPSA) is 44.8 Å². The number of benzene rings is 5. The van der Waals surface area contributed by atoms with E-state index in [4.69, 9.17) is 13.6 Å². The first kappa shape index (κ1) is 19.9. The molecule has 5 aromatic rings. The third-order valence-electron chi connectivity index (χ3n) is 6.01. The van der Waals surface area contributed by atoms with Crippen molar-refractivity contribution in [2.75, 3.05) is 0 Å². The molecule has 0 unspecified atom stereocenters. The Morgan fingerprint density at radius 2 is 1.21 bits per heavy atom. The van der Waals surface area contributed by atoms with Crippen molar-refractivity contribution >= 4 is 29.4 Å². The molecule has 0 amide bonds. The third kappa shape index (κ3) is 3.35. The molecule has 0 aliphatic carbocycles. The molecule has 0 saturated heterocycles. The molecular formula is C28H21O4P. The van der Waals surface area contributed by atoms with Gasteiger partial charge in [-0.25, -0.2) is 0 Å². The van der Waals surface area contributed by atoms with Crippen LogP contribution in [0, 0.1) is 13.8 Å². The number of fused-ring (bicyclic) bond motifs is 7. The quantitative estimate of drug-likeness (QED) is 0.253. The molecule has 1 aliphatic rings. The van der Waals surface area contributed by atoms with E-state index in [0.717, 1.165) is 43.8 Å². The molecular weight excluding hydrogens is 431 g/mol. The first-order valence-electron chi connectivity index (χ1n) is 10.8. The predicted molar refractivity (Wildman–Crippen MR) is 132 cm³/mol. The Kier molecular flexibility index (Phi) is 4.46. The second kappa shape index (κ2) is 7.40. The van der Waals surface area contributed by atoms with Crippen molar-refractivity contribution < 1.29 is 18.1 Å². The second-order valence-corrected chi connectivity index (χ2v) is 9.75. The Bertz CT molecular complexity index is 1510. The van der Waals surface area contributed by atoms with Crippen molar-refractivity contribution in [3.8, 4) is 28.4 Å². The third-order valence-corrected chi connectivity index (χ3v) is 7.27. The van der Waals surface area contributed by atoms with Crippen LogP contribution >= 0.6 is 7.82 Å². The highest BCUT2D eigenvalue weighted by Gasteiger charge is 2.39. The Morgan fingerprint density at radius 1 is 0.667 bits per heavy atom. The van der Waals surface area contributed by atoms with Gasteiger partial charge in [-0.2, -0.15) is 4.57 Å². The summed E-state index contributed by atoms with van der Waals surface area (Å²) in [4.78, 5) is 0. The molecule has 0 aromatic heterocycles. The van der Waals surface area contributed by atoms with Crippen LogP contribution in [0.4, 0.5) is 0 Å². The molecule has 0 saturated carbocycles. The van der Waals surface area contributed by atoms with Crippen molar-refractivity contribution in [1.82, 2.24) is 0 Å². The summed E-state index contributed by atoms with van der Waals surface area (Å²) in [7, 11) is -4.05. The van der Waals surface area contributed by atoms with Crippen molar-refractivity contribution in [3.63, 3.8) is 0 Å². The summed E-state index contributed by atoms with van der Waals surface area (Å²) in [5.74, 6) is 1.42. The molecule has 33 heavy (non-hydrogen) atoms. The first-order chi connectivity index (χ1) is 16.0.